The van der Waals surface area contributed by atoms with Crippen LogP contribution in [-0.2, 0) is 0 Å². The number of halogens is 1. The van der Waals surface area contributed by atoms with Gasteiger partial charge in [-0.05, 0) is 98.4 Å². The number of aromatic hydroxyl groups is 1. The fourth-order valence-corrected chi connectivity index (χ4v) is 5.11. The van der Waals surface area contributed by atoms with Crippen molar-refractivity contribution in [3.63, 3.8) is 0 Å². The van der Waals surface area contributed by atoms with Gasteiger partial charge in [0.05, 0.1) is 17.8 Å². The molecule has 0 spiro atoms. The van der Waals surface area contributed by atoms with Gasteiger partial charge in [-0.15, -0.1) is 0 Å². The summed E-state index contributed by atoms with van der Waals surface area (Å²) in [6.45, 7) is 4.23. The van der Waals surface area contributed by atoms with E-state index in [9.17, 15) is 5.11 Å². The Morgan fingerprint density at radius 3 is 2.33 bits per heavy atom. The van der Waals surface area contributed by atoms with Crippen molar-refractivity contribution in [3.05, 3.63) is 107 Å². The lowest BCUT2D eigenvalue weighted by Crippen LogP contribution is -2.29. The highest BCUT2D eigenvalue weighted by atomic mass is 35.5. The first kappa shape index (κ1) is 21.5. The maximum absolute atomic E-state index is 9.82. The van der Waals surface area contributed by atoms with Crippen LogP contribution < -0.4 is 10.2 Å². The lowest BCUT2D eigenvalue weighted by Gasteiger charge is -2.28. The molecule has 0 aliphatic carbocycles. The molecule has 2 atom stereocenters. The van der Waals surface area contributed by atoms with Crippen LogP contribution in [0.25, 0.3) is 5.69 Å². The minimum Gasteiger partial charge on any atom is -0.508 e. The molecule has 0 saturated carbocycles. The fourth-order valence-electron chi connectivity index (χ4n) is 4.64. The average molecular weight is 475 g/mol. The molecule has 33 heavy (non-hydrogen) atoms. The van der Waals surface area contributed by atoms with E-state index in [1.165, 1.54) is 0 Å². The highest BCUT2D eigenvalue weighted by Gasteiger charge is 2.42. The molecule has 1 aliphatic rings. The predicted octanol–water partition coefficient (Wildman–Crippen LogP) is 6.03. The molecular formula is C26H23ClN4OS. The monoisotopic (exact) mass is 474 g/mol. The lowest BCUT2D eigenvalue weighted by atomic mass is 9.96. The number of hydrogen-bond donors (Lipinski definition) is 2. The summed E-state index contributed by atoms with van der Waals surface area (Å²) in [7, 11) is 0. The Labute approximate surface area is 203 Å². The Bertz CT molecular complexity index is 1300. The fraction of sp³-hybridized carbons (Fsp3) is 0.154. The molecule has 0 radical (unpaired) electrons. The molecule has 2 aromatic heterocycles. The topological polar surface area (TPSA) is 53.3 Å². The number of phenolic OH excluding ortho intramolecular Hbond substituents is 1. The van der Waals surface area contributed by atoms with E-state index in [-0.39, 0.29) is 17.8 Å². The van der Waals surface area contributed by atoms with Crippen LogP contribution >= 0.6 is 23.8 Å². The molecule has 1 saturated heterocycles. The van der Waals surface area contributed by atoms with E-state index < -0.39 is 0 Å². The molecule has 2 aromatic carbocycles. The molecule has 5 rings (SSSR count). The number of nitrogens with zero attached hydrogens (tertiary/aromatic N) is 3. The van der Waals surface area contributed by atoms with Crippen LogP contribution in [0.4, 0.5) is 5.69 Å². The highest BCUT2D eigenvalue weighted by Crippen LogP contribution is 2.44. The van der Waals surface area contributed by atoms with E-state index in [0.717, 1.165) is 34.0 Å². The molecule has 5 nitrogen and oxygen atoms in total. The first-order chi connectivity index (χ1) is 15.9. The van der Waals surface area contributed by atoms with Crippen LogP contribution in [0.2, 0.25) is 5.02 Å². The van der Waals surface area contributed by atoms with Gasteiger partial charge in [0, 0.05) is 34.0 Å². The van der Waals surface area contributed by atoms with Crippen LogP contribution in [0.5, 0.6) is 5.75 Å². The SMILES string of the molecule is Cc1cc([C@H]2[C@H](c3ccccn3)NC(=S)N2c2ccc(O)cc2)c(C)n1-c1ccc(Cl)cc1. The molecule has 0 amide bonds. The van der Waals surface area contributed by atoms with Crippen molar-refractivity contribution in [1.82, 2.24) is 14.9 Å². The van der Waals surface area contributed by atoms with Crippen molar-refractivity contribution in [2.75, 3.05) is 4.90 Å². The van der Waals surface area contributed by atoms with Crippen LogP contribution in [0.3, 0.4) is 0 Å². The van der Waals surface area contributed by atoms with Gasteiger partial charge in [-0.25, -0.2) is 0 Å². The molecule has 166 valence electrons. The molecule has 3 heterocycles. The molecule has 1 fully saturated rings. The van der Waals surface area contributed by atoms with Gasteiger partial charge in [0.1, 0.15) is 5.75 Å². The number of aromatic nitrogens is 2. The second kappa shape index (κ2) is 8.54. The number of rotatable bonds is 4. The van der Waals surface area contributed by atoms with Gasteiger partial charge in [0.25, 0.3) is 0 Å². The van der Waals surface area contributed by atoms with Crippen LogP contribution in [0.1, 0.15) is 34.7 Å². The third kappa shape index (κ3) is 3.86. The van der Waals surface area contributed by atoms with Gasteiger partial charge in [-0.3, -0.25) is 4.98 Å². The maximum Gasteiger partial charge on any atom is 0.174 e. The van der Waals surface area contributed by atoms with Crippen LogP contribution in [0.15, 0.2) is 79.0 Å². The van der Waals surface area contributed by atoms with Gasteiger partial charge in [-0.1, -0.05) is 17.7 Å². The molecule has 4 aromatic rings. The highest BCUT2D eigenvalue weighted by molar-refractivity contribution is 7.80. The summed E-state index contributed by atoms with van der Waals surface area (Å²) in [5.41, 5.74) is 6.27. The lowest BCUT2D eigenvalue weighted by molar-refractivity contribution is 0.475. The third-order valence-electron chi connectivity index (χ3n) is 6.10. The molecule has 0 bridgehead atoms. The van der Waals surface area contributed by atoms with Gasteiger partial charge >= 0.3 is 0 Å². The van der Waals surface area contributed by atoms with Gasteiger partial charge in [-0.2, -0.15) is 0 Å². The van der Waals surface area contributed by atoms with Crippen molar-refractivity contribution >= 4 is 34.6 Å². The minimum atomic E-state index is -0.133. The first-order valence-corrected chi connectivity index (χ1v) is 11.5. The Balaban J connectivity index is 1.67. The zero-order valence-electron chi connectivity index (χ0n) is 18.2. The summed E-state index contributed by atoms with van der Waals surface area (Å²) < 4.78 is 2.23. The van der Waals surface area contributed by atoms with E-state index in [1.54, 1.807) is 18.3 Å². The number of phenols is 1. The summed E-state index contributed by atoms with van der Waals surface area (Å²) in [4.78, 5) is 6.74. The first-order valence-electron chi connectivity index (χ1n) is 10.7. The molecule has 2 N–H and O–H groups in total. The summed E-state index contributed by atoms with van der Waals surface area (Å²) in [5.74, 6) is 0.218. The Hall–Kier alpha value is -3.35. The van der Waals surface area contributed by atoms with Crippen molar-refractivity contribution in [1.29, 1.82) is 0 Å². The van der Waals surface area contributed by atoms with Crippen LogP contribution in [0, 0.1) is 13.8 Å². The summed E-state index contributed by atoms with van der Waals surface area (Å²) in [6, 6.07) is 22.9. The van der Waals surface area contributed by atoms with Gasteiger partial charge < -0.3 is 19.9 Å². The minimum absolute atomic E-state index is 0.121. The van der Waals surface area contributed by atoms with E-state index in [4.69, 9.17) is 23.8 Å². The number of nitrogens with one attached hydrogen (secondary N) is 1. The van der Waals surface area contributed by atoms with E-state index >= 15 is 0 Å². The summed E-state index contributed by atoms with van der Waals surface area (Å²) in [6.07, 6.45) is 1.80. The number of anilines is 1. The van der Waals surface area contributed by atoms with Crippen molar-refractivity contribution in [3.8, 4) is 11.4 Å². The molecule has 1 aliphatic heterocycles. The molecule has 7 heteroatoms. The quantitative estimate of drug-likeness (QED) is 0.354. The average Bonchev–Trinajstić information content (AvgIpc) is 3.31. The normalized spacial score (nSPS) is 17.9. The Morgan fingerprint density at radius 1 is 0.970 bits per heavy atom. The Kier molecular flexibility index (Phi) is 5.56. The number of hydrogen-bond acceptors (Lipinski definition) is 3. The zero-order chi connectivity index (χ0) is 23.1. The molecular weight excluding hydrogens is 452 g/mol. The van der Waals surface area contributed by atoms with Crippen molar-refractivity contribution < 1.29 is 5.11 Å². The summed E-state index contributed by atoms with van der Waals surface area (Å²) >= 11 is 11.9. The second-order valence-corrected chi connectivity index (χ2v) is 8.97. The molecule has 0 unspecified atom stereocenters. The van der Waals surface area contributed by atoms with E-state index in [2.05, 4.69) is 39.7 Å². The van der Waals surface area contributed by atoms with E-state index in [0.29, 0.717) is 10.1 Å². The second-order valence-electron chi connectivity index (χ2n) is 8.15. The van der Waals surface area contributed by atoms with Crippen molar-refractivity contribution in [2.45, 2.75) is 25.9 Å². The third-order valence-corrected chi connectivity index (χ3v) is 6.67. The number of pyridine rings is 1. The smallest absolute Gasteiger partial charge is 0.174 e. The van der Waals surface area contributed by atoms with Gasteiger partial charge in [0.15, 0.2) is 5.11 Å². The van der Waals surface area contributed by atoms with Gasteiger partial charge in [0.2, 0.25) is 0 Å². The maximum atomic E-state index is 9.82. The Morgan fingerprint density at radius 2 is 1.67 bits per heavy atom. The summed E-state index contributed by atoms with van der Waals surface area (Å²) in [5, 5.41) is 14.6. The van der Waals surface area contributed by atoms with E-state index in [1.807, 2.05) is 54.6 Å². The largest absolute Gasteiger partial charge is 0.508 e. The van der Waals surface area contributed by atoms with Crippen molar-refractivity contribution in [2.24, 2.45) is 0 Å². The van der Waals surface area contributed by atoms with Crippen LogP contribution in [-0.4, -0.2) is 19.8 Å². The predicted molar refractivity (Wildman–Crippen MR) is 136 cm³/mol. The zero-order valence-corrected chi connectivity index (χ0v) is 19.8. The number of benzene rings is 2. The standard InChI is InChI=1S/C26H23ClN4OS/c1-16-15-22(17(2)30(16)19-8-6-18(27)7-9-19)25-24(23-5-3-4-14-28-23)29-26(33)31(25)20-10-12-21(32)13-11-20/h3-15,24-25,32H,1-2H3,(H,29,33)/t24-,25-/m0/s1. The number of thiocarbonyl (C=S) groups is 1. The number of aryl methyl sites for hydroxylation is 1.